The van der Waals surface area contributed by atoms with Gasteiger partial charge < -0.3 is 4.74 Å². The number of nitro benzene ring substituents is 1. The second kappa shape index (κ2) is 6.21. The third kappa shape index (κ3) is 3.19. The summed E-state index contributed by atoms with van der Waals surface area (Å²) >= 11 is 0. The summed E-state index contributed by atoms with van der Waals surface area (Å²) in [5.74, 6) is -0.387. The molecule has 0 fully saturated rings. The van der Waals surface area contributed by atoms with Crippen LogP contribution in [0, 0.1) is 10.1 Å². The van der Waals surface area contributed by atoms with E-state index in [0.717, 1.165) is 6.07 Å². The van der Waals surface area contributed by atoms with Crippen molar-refractivity contribution in [3.8, 4) is 5.75 Å². The normalized spacial score (nSPS) is 9.39. The molecule has 0 aromatic heterocycles. The Labute approximate surface area is 102 Å². The molecule has 0 saturated carbocycles. The van der Waals surface area contributed by atoms with Gasteiger partial charge in [-0.15, -0.1) is 0 Å². The summed E-state index contributed by atoms with van der Waals surface area (Å²) in [6.45, 7) is 1.61. The number of ketones is 1. The summed E-state index contributed by atoms with van der Waals surface area (Å²) in [7, 11) is 0. The molecule has 0 heterocycles. The van der Waals surface area contributed by atoms with E-state index in [0.29, 0.717) is 0 Å². The first-order chi connectivity index (χ1) is 8.60. The molecule has 0 unspecified atom stereocenters. The average Bonchev–Trinajstić information content (AvgIpc) is 2.36. The molecule has 0 aliphatic heterocycles. The molecule has 0 atom stereocenters. The molecule has 0 N–H and O–H groups in total. The van der Waals surface area contributed by atoms with Crippen molar-refractivity contribution in [3.05, 3.63) is 44.3 Å². The van der Waals surface area contributed by atoms with E-state index in [1.807, 2.05) is 0 Å². The summed E-state index contributed by atoms with van der Waals surface area (Å²) in [6, 6.07) is 3.86. The van der Waals surface area contributed by atoms with Crippen molar-refractivity contribution in [3.63, 3.8) is 0 Å². The van der Waals surface area contributed by atoms with Crippen molar-refractivity contribution in [2.24, 2.45) is 5.11 Å². The van der Waals surface area contributed by atoms with E-state index >= 15 is 0 Å². The molecule has 8 nitrogen and oxygen atoms in total. The van der Waals surface area contributed by atoms with E-state index in [2.05, 4.69) is 10.0 Å². The monoisotopic (exact) mass is 250 g/mol. The van der Waals surface area contributed by atoms with Crippen LogP contribution in [-0.2, 0) is 0 Å². The lowest BCUT2D eigenvalue weighted by molar-refractivity contribution is -0.385. The minimum absolute atomic E-state index is 0.0998. The third-order valence-corrected chi connectivity index (χ3v) is 2.06. The van der Waals surface area contributed by atoms with Gasteiger partial charge in [0.2, 0.25) is 0 Å². The number of Topliss-reactive ketones (excluding diaryl/α,β-unsaturated/α-hetero) is 1. The van der Waals surface area contributed by atoms with E-state index in [4.69, 9.17) is 10.3 Å². The molecule has 0 spiro atoms. The quantitative estimate of drug-likeness (QED) is 0.192. The Hall–Kier alpha value is -2.60. The molecule has 1 aromatic carbocycles. The van der Waals surface area contributed by atoms with Crippen molar-refractivity contribution < 1.29 is 14.5 Å². The largest absolute Gasteiger partial charge is 0.487 e. The van der Waals surface area contributed by atoms with Gasteiger partial charge in [0, 0.05) is 16.5 Å². The van der Waals surface area contributed by atoms with Gasteiger partial charge in [-0.05, 0) is 24.6 Å². The van der Waals surface area contributed by atoms with E-state index in [-0.39, 0.29) is 30.2 Å². The molecular weight excluding hydrogens is 240 g/mol. The van der Waals surface area contributed by atoms with Crippen LogP contribution in [0.5, 0.6) is 5.75 Å². The fourth-order valence-corrected chi connectivity index (χ4v) is 1.30. The maximum atomic E-state index is 11.5. The van der Waals surface area contributed by atoms with Crippen molar-refractivity contribution >= 4 is 11.5 Å². The first kappa shape index (κ1) is 13.5. The molecule has 0 aliphatic rings. The highest BCUT2D eigenvalue weighted by atomic mass is 16.6. The van der Waals surface area contributed by atoms with Crippen LogP contribution in [-0.4, -0.2) is 23.9 Å². The zero-order chi connectivity index (χ0) is 13.5. The molecular formula is C10H10N4O4. The van der Waals surface area contributed by atoms with Gasteiger partial charge in [-0.25, -0.2) is 0 Å². The molecule has 18 heavy (non-hydrogen) atoms. The molecule has 0 radical (unpaired) electrons. The van der Waals surface area contributed by atoms with Crippen molar-refractivity contribution in [1.82, 2.24) is 0 Å². The lowest BCUT2D eigenvalue weighted by atomic mass is 10.1. The van der Waals surface area contributed by atoms with Crippen molar-refractivity contribution in [2.45, 2.75) is 6.92 Å². The Bertz CT molecular complexity index is 523. The zero-order valence-electron chi connectivity index (χ0n) is 9.57. The Morgan fingerprint density at radius 3 is 2.89 bits per heavy atom. The maximum absolute atomic E-state index is 11.5. The molecule has 0 amide bonds. The predicted molar refractivity (Wildman–Crippen MR) is 62.6 cm³/mol. The average molecular weight is 250 g/mol. The highest BCUT2D eigenvalue weighted by Gasteiger charge is 2.18. The topological polar surface area (TPSA) is 118 Å². The van der Waals surface area contributed by atoms with Crippen LogP contribution in [0.15, 0.2) is 23.3 Å². The summed E-state index contributed by atoms with van der Waals surface area (Å²) in [5, 5.41) is 13.9. The van der Waals surface area contributed by atoms with Gasteiger partial charge in [0.15, 0.2) is 11.5 Å². The second-order valence-electron chi connectivity index (χ2n) is 3.18. The predicted octanol–water partition coefficient (Wildman–Crippen LogP) is 2.49. The van der Waals surface area contributed by atoms with Crippen LogP contribution >= 0.6 is 0 Å². The van der Waals surface area contributed by atoms with Gasteiger partial charge in [0.05, 0.1) is 18.1 Å². The van der Waals surface area contributed by atoms with Crippen LogP contribution < -0.4 is 4.74 Å². The number of nitro groups is 1. The number of ether oxygens (including phenoxy) is 1. The van der Waals surface area contributed by atoms with Gasteiger partial charge in [-0.2, -0.15) is 0 Å². The van der Waals surface area contributed by atoms with Gasteiger partial charge in [0.1, 0.15) is 0 Å². The molecule has 0 bridgehead atoms. The summed E-state index contributed by atoms with van der Waals surface area (Å²) in [4.78, 5) is 24.2. The molecule has 0 saturated heterocycles. The summed E-state index contributed by atoms with van der Waals surface area (Å²) < 4.78 is 5.08. The van der Waals surface area contributed by atoms with Gasteiger partial charge >= 0.3 is 5.69 Å². The number of hydrogen-bond donors (Lipinski definition) is 0. The number of hydrogen-bond acceptors (Lipinski definition) is 5. The lowest BCUT2D eigenvalue weighted by Gasteiger charge is -2.05. The highest BCUT2D eigenvalue weighted by molar-refractivity contribution is 5.98. The Morgan fingerprint density at radius 1 is 1.61 bits per heavy atom. The lowest BCUT2D eigenvalue weighted by Crippen LogP contribution is -2.05. The fourth-order valence-electron chi connectivity index (χ4n) is 1.30. The standard InChI is InChI=1S/C10H10N4O4/c1-2-18-10-4-3-7(5-8(10)14(16)17)9(15)6-12-13-11/h3-5H,2,6H2,1H3. The SMILES string of the molecule is CCOc1ccc(C(=O)CN=[N+]=[N-])cc1[N+](=O)[O-]. The van der Waals surface area contributed by atoms with Crippen LogP contribution in [0.4, 0.5) is 5.69 Å². The minimum atomic E-state index is -0.630. The fraction of sp³-hybridized carbons (Fsp3) is 0.300. The van der Waals surface area contributed by atoms with Crippen molar-refractivity contribution in [1.29, 1.82) is 0 Å². The van der Waals surface area contributed by atoms with Gasteiger partial charge in [0.25, 0.3) is 0 Å². The number of azide groups is 1. The second-order valence-corrected chi connectivity index (χ2v) is 3.18. The molecule has 8 heteroatoms. The van der Waals surface area contributed by atoms with E-state index in [1.54, 1.807) is 6.92 Å². The van der Waals surface area contributed by atoms with E-state index < -0.39 is 10.7 Å². The van der Waals surface area contributed by atoms with Gasteiger partial charge in [-0.3, -0.25) is 14.9 Å². The number of rotatable bonds is 6. The van der Waals surface area contributed by atoms with Crippen LogP contribution in [0.1, 0.15) is 17.3 Å². The zero-order valence-corrected chi connectivity index (χ0v) is 9.57. The minimum Gasteiger partial charge on any atom is -0.487 e. The number of carbonyl (C=O) groups is 1. The Balaban J connectivity index is 3.10. The summed E-state index contributed by atoms with van der Waals surface area (Å²) in [6.07, 6.45) is 0. The molecule has 94 valence electrons. The highest BCUT2D eigenvalue weighted by Crippen LogP contribution is 2.28. The number of nitrogens with zero attached hydrogens (tertiary/aromatic N) is 4. The number of carbonyl (C=O) groups excluding carboxylic acids is 1. The van der Waals surface area contributed by atoms with Crippen LogP contribution in [0.3, 0.4) is 0 Å². The van der Waals surface area contributed by atoms with Crippen molar-refractivity contribution in [2.75, 3.05) is 13.2 Å². The molecule has 1 rings (SSSR count). The molecule has 0 aliphatic carbocycles. The van der Waals surface area contributed by atoms with E-state index in [9.17, 15) is 14.9 Å². The molecule has 1 aromatic rings. The smallest absolute Gasteiger partial charge is 0.311 e. The van der Waals surface area contributed by atoms with Crippen LogP contribution in [0.2, 0.25) is 0 Å². The first-order valence-electron chi connectivity index (χ1n) is 5.05. The first-order valence-corrected chi connectivity index (χ1v) is 5.05. The third-order valence-electron chi connectivity index (χ3n) is 2.06. The van der Waals surface area contributed by atoms with E-state index in [1.165, 1.54) is 12.1 Å². The Morgan fingerprint density at radius 2 is 2.33 bits per heavy atom. The van der Waals surface area contributed by atoms with Gasteiger partial charge in [-0.1, -0.05) is 5.11 Å². The maximum Gasteiger partial charge on any atom is 0.311 e. The van der Waals surface area contributed by atoms with Crippen LogP contribution in [0.25, 0.3) is 10.4 Å². The number of benzene rings is 1. The summed E-state index contributed by atoms with van der Waals surface area (Å²) in [5.41, 5.74) is 7.92. The Kier molecular flexibility index (Phi) is 4.65.